The number of nitrogens with zero attached hydrogens (tertiary/aromatic N) is 2. The lowest BCUT2D eigenvalue weighted by Gasteiger charge is -2.06. The van der Waals surface area contributed by atoms with Crippen LogP contribution in [-0.2, 0) is 24.1 Å². The van der Waals surface area contributed by atoms with Gasteiger partial charge in [-0.2, -0.15) is 0 Å². The van der Waals surface area contributed by atoms with Gasteiger partial charge in [-0.1, -0.05) is 0 Å². The minimum Gasteiger partial charge on any atom is -0.294 e. The van der Waals surface area contributed by atoms with E-state index in [0.717, 1.165) is 48.7 Å². The van der Waals surface area contributed by atoms with Crippen molar-refractivity contribution in [1.29, 1.82) is 0 Å². The lowest BCUT2D eigenvalue weighted by Crippen LogP contribution is -2.17. The Labute approximate surface area is 120 Å². The zero-order chi connectivity index (χ0) is 14.8. The molecule has 0 unspecified atom stereocenters. The summed E-state index contributed by atoms with van der Waals surface area (Å²) in [5.41, 5.74) is 2.34. The van der Waals surface area contributed by atoms with E-state index in [2.05, 4.69) is 15.3 Å². The third kappa shape index (κ3) is 3.21. The van der Waals surface area contributed by atoms with E-state index in [9.17, 15) is 13.6 Å². The molecule has 1 aromatic heterocycles. The molecule has 1 heterocycles. The second-order valence-corrected chi connectivity index (χ2v) is 5.02. The molecule has 1 aromatic carbocycles. The Kier molecular flexibility index (Phi) is 3.60. The summed E-state index contributed by atoms with van der Waals surface area (Å²) in [7, 11) is 0. The summed E-state index contributed by atoms with van der Waals surface area (Å²) in [4.78, 5) is 20.2. The quantitative estimate of drug-likeness (QED) is 0.944. The summed E-state index contributed by atoms with van der Waals surface area (Å²) < 4.78 is 26.1. The molecule has 0 radical (unpaired) electrons. The van der Waals surface area contributed by atoms with Gasteiger partial charge in [-0.25, -0.2) is 18.7 Å². The van der Waals surface area contributed by atoms with Gasteiger partial charge in [0.2, 0.25) is 11.9 Å². The van der Waals surface area contributed by atoms with Crippen molar-refractivity contribution in [1.82, 2.24) is 9.97 Å². The van der Waals surface area contributed by atoms with Crippen molar-refractivity contribution in [3.63, 3.8) is 0 Å². The van der Waals surface area contributed by atoms with E-state index in [1.807, 2.05) is 0 Å². The molecule has 1 aliphatic rings. The Hall–Kier alpha value is -2.37. The first-order chi connectivity index (χ1) is 10.1. The Balaban J connectivity index is 1.69. The van der Waals surface area contributed by atoms with Crippen LogP contribution in [0.3, 0.4) is 0 Å². The second-order valence-electron chi connectivity index (χ2n) is 5.02. The number of nitrogens with one attached hydrogen (secondary N) is 1. The maximum absolute atomic E-state index is 13.1. The molecule has 0 atom stereocenters. The Bertz CT molecular complexity index is 683. The second kappa shape index (κ2) is 5.55. The monoisotopic (exact) mass is 289 g/mol. The van der Waals surface area contributed by atoms with E-state index < -0.39 is 17.5 Å². The summed E-state index contributed by atoms with van der Waals surface area (Å²) in [5.74, 6) is -1.58. The number of halogens is 2. The highest BCUT2D eigenvalue weighted by molar-refractivity contribution is 5.90. The number of amides is 1. The smallest absolute Gasteiger partial charge is 0.231 e. The average molecular weight is 289 g/mol. The van der Waals surface area contributed by atoms with Crippen LogP contribution in [0.25, 0.3) is 0 Å². The topological polar surface area (TPSA) is 54.9 Å². The van der Waals surface area contributed by atoms with Gasteiger partial charge in [0.05, 0.1) is 6.42 Å². The molecular formula is C15H13F2N3O. The molecule has 1 N–H and O–H groups in total. The summed E-state index contributed by atoms with van der Waals surface area (Å²) >= 11 is 0. The first-order valence-electron chi connectivity index (χ1n) is 6.70. The van der Waals surface area contributed by atoms with Crippen LogP contribution in [0.1, 0.15) is 23.2 Å². The number of fused-ring (bicyclic) bond motifs is 1. The van der Waals surface area contributed by atoms with E-state index in [1.165, 1.54) is 0 Å². The summed E-state index contributed by atoms with van der Waals surface area (Å²) in [6.45, 7) is 0. The van der Waals surface area contributed by atoms with Crippen molar-refractivity contribution >= 4 is 11.9 Å². The molecule has 21 heavy (non-hydrogen) atoms. The number of anilines is 1. The Morgan fingerprint density at radius 3 is 2.71 bits per heavy atom. The predicted molar refractivity (Wildman–Crippen MR) is 72.7 cm³/mol. The lowest BCUT2D eigenvalue weighted by atomic mass is 10.1. The van der Waals surface area contributed by atoms with Crippen molar-refractivity contribution in [2.24, 2.45) is 0 Å². The number of carbonyl (C=O) groups excluding carboxylic acids is 1. The number of hydrogen-bond donors (Lipinski definition) is 1. The van der Waals surface area contributed by atoms with Gasteiger partial charge in [-0.3, -0.25) is 10.1 Å². The summed E-state index contributed by atoms with van der Waals surface area (Å²) in [6.07, 6.45) is 4.48. The van der Waals surface area contributed by atoms with Crippen molar-refractivity contribution < 1.29 is 13.6 Å². The fraction of sp³-hybridized carbons (Fsp3) is 0.267. The van der Waals surface area contributed by atoms with Crippen molar-refractivity contribution in [2.45, 2.75) is 25.7 Å². The number of aryl methyl sites for hydroxylation is 2. The summed E-state index contributed by atoms with van der Waals surface area (Å²) in [6, 6.07) is 3.03. The van der Waals surface area contributed by atoms with E-state index in [4.69, 9.17) is 0 Å². The molecule has 0 spiro atoms. The van der Waals surface area contributed by atoms with Crippen LogP contribution in [0.4, 0.5) is 14.7 Å². The van der Waals surface area contributed by atoms with Crippen molar-refractivity contribution in [2.75, 3.05) is 5.32 Å². The molecule has 0 aliphatic heterocycles. The van der Waals surface area contributed by atoms with E-state index in [1.54, 1.807) is 6.20 Å². The maximum Gasteiger partial charge on any atom is 0.231 e. The zero-order valence-electron chi connectivity index (χ0n) is 11.2. The van der Waals surface area contributed by atoms with Gasteiger partial charge < -0.3 is 0 Å². The van der Waals surface area contributed by atoms with Gasteiger partial charge in [0, 0.05) is 18.0 Å². The number of carbonyl (C=O) groups is 1. The number of benzene rings is 1. The van der Waals surface area contributed by atoms with Crippen molar-refractivity contribution in [3.05, 3.63) is 52.9 Å². The molecule has 0 fully saturated rings. The molecule has 0 bridgehead atoms. The van der Waals surface area contributed by atoms with Gasteiger partial charge in [0.15, 0.2) is 0 Å². The Morgan fingerprint density at radius 1 is 1.19 bits per heavy atom. The largest absolute Gasteiger partial charge is 0.294 e. The van der Waals surface area contributed by atoms with Gasteiger partial charge in [0.25, 0.3) is 0 Å². The molecular weight excluding hydrogens is 276 g/mol. The highest BCUT2D eigenvalue weighted by atomic mass is 19.1. The zero-order valence-corrected chi connectivity index (χ0v) is 11.2. The van der Waals surface area contributed by atoms with Crippen LogP contribution in [0.15, 0.2) is 24.4 Å². The summed E-state index contributed by atoms with van der Waals surface area (Å²) in [5, 5.41) is 2.55. The Morgan fingerprint density at radius 2 is 1.95 bits per heavy atom. The minimum absolute atomic E-state index is 0.130. The number of aromatic nitrogens is 2. The first-order valence-corrected chi connectivity index (χ1v) is 6.70. The number of hydrogen-bond acceptors (Lipinski definition) is 3. The standard InChI is InChI=1S/C15H13F2N3O/c16-11-4-9(5-12(17)7-11)6-14(21)20-15-18-8-10-2-1-3-13(10)19-15/h4-5,7-8H,1-3,6H2,(H,18,19,20,21). The number of rotatable bonds is 3. The lowest BCUT2D eigenvalue weighted by molar-refractivity contribution is -0.115. The molecule has 4 nitrogen and oxygen atoms in total. The fourth-order valence-electron chi connectivity index (χ4n) is 2.44. The van der Waals surface area contributed by atoms with Crippen LogP contribution in [-0.4, -0.2) is 15.9 Å². The van der Waals surface area contributed by atoms with Crippen LogP contribution < -0.4 is 5.32 Å². The SMILES string of the molecule is O=C(Cc1cc(F)cc(F)c1)Nc1ncc2c(n1)CCC2. The molecule has 3 rings (SSSR count). The molecule has 1 aliphatic carbocycles. The minimum atomic E-state index is -0.702. The third-order valence-electron chi connectivity index (χ3n) is 3.35. The van der Waals surface area contributed by atoms with Crippen molar-refractivity contribution in [3.8, 4) is 0 Å². The predicted octanol–water partition coefficient (Wildman–Crippen LogP) is 2.42. The molecule has 0 saturated heterocycles. The van der Waals surface area contributed by atoms with Gasteiger partial charge >= 0.3 is 0 Å². The van der Waals surface area contributed by atoms with E-state index in [-0.39, 0.29) is 17.9 Å². The molecule has 1 amide bonds. The van der Waals surface area contributed by atoms with Crippen LogP contribution >= 0.6 is 0 Å². The first kappa shape index (κ1) is 13.6. The molecule has 6 heteroatoms. The third-order valence-corrected chi connectivity index (χ3v) is 3.35. The van der Waals surface area contributed by atoms with Crippen LogP contribution in [0, 0.1) is 11.6 Å². The molecule has 108 valence electrons. The maximum atomic E-state index is 13.1. The van der Waals surface area contributed by atoms with Gasteiger partial charge in [0.1, 0.15) is 11.6 Å². The van der Waals surface area contributed by atoms with Crippen LogP contribution in [0.2, 0.25) is 0 Å². The van der Waals surface area contributed by atoms with E-state index in [0.29, 0.717) is 0 Å². The van der Waals surface area contributed by atoms with E-state index >= 15 is 0 Å². The molecule has 2 aromatic rings. The highest BCUT2D eigenvalue weighted by Crippen LogP contribution is 2.19. The van der Waals surface area contributed by atoms with Gasteiger partial charge in [-0.05, 0) is 42.5 Å². The highest BCUT2D eigenvalue weighted by Gasteiger charge is 2.15. The van der Waals surface area contributed by atoms with Crippen LogP contribution in [0.5, 0.6) is 0 Å². The molecule has 0 saturated carbocycles. The average Bonchev–Trinajstić information content (AvgIpc) is 2.84. The normalized spacial score (nSPS) is 13.0. The fourth-order valence-corrected chi connectivity index (χ4v) is 2.44. The van der Waals surface area contributed by atoms with Gasteiger partial charge in [-0.15, -0.1) is 0 Å².